The Morgan fingerprint density at radius 1 is 1.33 bits per heavy atom. The van der Waals surface area contributed by atoms with Crippen molar-refractivity contribution in [1.29, 1.82) is 5.26 Å². The number of rotatable bonds is 4. The van der Waals surface area contributed by atoms with E-state index in [4.69, 9.17) is 0 Å². The monoisotopic (exact) mass is 301 g/mol. The number of hydrogen-bond acceptors (Lipinski definition) is 4. The molecule has 112 valence electrons. The summed E-state index contributed by atoms with van der Waals surface area (Å²) in [5.41, 5.74) is 1.94. The van der Waals surface area contributed by atoms with Gasteiger partial charge in [0.05, 0.1) is 11.3 Å². The summed E-state index contributed by atoms with van der Waals surface area (Å²) in [5.74, 6) is 0.999. The van der Waals surface area contributed by atoms with Gasteiger partial charge in [0.2, 0.25) is 0 Å². The zero-order chi connectivity index (χ0) is 14.8. The first-order valence-electron chi connectivity index (χ1n) is 7.87. The molecule has 2 unspecified atom stereocenters. The minimum atomic E-state index is 0.553. The molecular formula is C17H23N3S. The van der Waals surface area contributed by atoms with Gasteiger partial charge in [-0.15, -0.1) is 11.8 Å². The third-order valence-corrected chi connectivity index (χ3v) is 5.73. The first-order valence-corrected chi connectivity index (χ1v) is 8.86. The van der Waals surface area contributed by atoms with Gasteiger partial charge in [0.15, 0.2) is 0 Å². The highest BCUT2D eigenvalue weighted by atomic mass is 32.2. The highest BCUT2D eigenvalue weighted by molar-refractivity contribution is 7.99. The van der Waals surface area contributed by atoms with E-state index < -0.39 is 0 Å². The normalized spacial score (nSPS) is 27.4. The van der Waals surface area contributed by atoms with Gasteiger partial charge >= 0.3 is 0 Å². The van der Waals surface area contributed by atoms with E-state index in [0.717, 1.165) is 21.9 Å². The molecular weight excluding hydrogens is 278 g/mol. The summed E-state index contributed by atoms with van der Waals surface area (Å²) in [6.07, 6.45) is 5.02. The lowest BCUT2D eigenvalue weighted by atomic mass is 9.97. The number of thioether (sulfide) groups is 1. The second kappa shape index (κ2) is 6.29. The minimum absolute atomic E-state index is 0.553. The molecule has 0 spiro atoms. The van der Waals surface area contributed by atoms with Gasteiger partial charge in [-0.05, 0) is 43.6 Å². The van der Waals surface area contributed by atoms with Crippen molar-refractivity contribution in [2.75, 3.05) is 17.7 Å². The number of nitrogens with one attached hydrogen (secondary N) is 1. The van der Waals surface area contributed by atoms with E-state index in [-0.39, 0.29) is 0 Å². The predicted molar refractivity (Wildman–Crippen MR) is 88.9 cm³/mol. The number of piperidine rings is 1. The number of hydrogen-bond donors (Lipinski definition) is 1. The maximum atomic E-state index is 9.59. The molecule has 2 fully saturated rings. The summed E-state index contributed by atoms with van der Waals surface area (Å²) in [6, 6.07) is 10.6. The molecule has 2 aliphatic heterocycles. The van der Waals surface area contributed by atoms with Crippen LogP contribution in [0.3, 0.4) is 0 Å². The molecule has 2 saturated heterocycles. The number of benzene rings is 1. The molecule has 1 aromatic carbocycles. The maximum absolute atomic E-state index is 9.59. The van der Waals surface area contributed by atoms with Gasteiger partial charge < -0.3 is 10.2 Å². The molecule has 0 amide bonds. The van der Waals surface area contributed by atoms with Gasteiger partial charge in [-0.3, -0.25) is 0 Å². The van der Waals surface area contributed by atoms with Crippen LogP contribution in [0, 0.1) is 11.3 Å². The van der Waals surface area contributed by atoms with Crippen LogP contribution < -0.4 is 10.2 Å². The maximum Gasteiger partial charge on any atom is 0.103 e. The molecule has 21 heavy (non-hydrogen) atoms. The van der Waals surface area contributed by atoms with Crippen LogP contribution >= 0.6 is 11.8 Å². The van der Waals surface area contributed by atoms with Crippen LogP contribution in [-0.2, 0) is 0 Å². The van der Waals surface area contributed by atoms with Crippen molar-refractivity contribution in [2.45, 2.75) is 55.6 Å². The number of nitrogens with zero attached hydrogens (tertiary/aromatic N) is 2. The number of nitriles is 1. The molecule has 0 aliphatic carbocycles. The lowest BCUT2D eigenvalue weighted by Gasteiger charge is -2.37. The molecule has 0 aromatic heterocycles. The molecule has 3 rings (SSSR count). The summed E-state index contributed by atoms with van der Waals surface area (Å²) >= 11 is 1.76. The Morgan fingerprint density at radius 3 is 2.67 bits per heavy atom. The van der Waals surface area contributed by atoms with Crippen molar-refractivity contribution < 1.29 is 0 Å². The molecule has 2 aliphatic rings. The van der Waals surface area contributed by atoms with Crippen molar-refractivity contribution in [3.63, 3.8) is 0 Å². The summed E-state index contributed by atoms with van der Waals surface area (Å²) in [7, 11) is 2.16. The largest absolute Gasteiger partial charge is 0.370 e. The Bertz CT molecular complexity index is 539. The lowest BCUT2D eigenvalue weighted by molar-refractivity contribution is 0.354. The van der Waals surface area contributed by atoms with Gasteiger partial charge in [-0.2, -0.15) is 5.26 Å². The van der Waals surface area contributed by atoms with Gasteiger partial charge in [0, 0.05) is 30.1 Å². The average Bonchev–Trinajstić information content (AvgIpc) is 2.85. The zero-order valence-electron chi connectivity index (χ0n) is 12.8. The Morgan fingerprint density at radius 2 is 2.05 bits per heavy atom. The first-order chi connectivity index (χ1) is 10.2. The molecule has 4 heteroatoms. The number of anilines is 1. The summed E-state index contributed by atoms with van der Waals surface area (Å²) < 4.78 is 0. The van der Waals surface area contributed by atoms with Gasteiger partial charge in [-0.25, -0.2) is 0 Å². The Hall–Kier alpha value is -1.18. The minimum Gasteiger partial charge on any atom is -0.370 e. The molecule has 2 bridgehead atoms. The SMILES string of the molecule is CCSc1cccc(N(C)C2CC3CCC(C2)N3)c1C#N. The van der Waals surface area contributed by atoms with Gasteiger partial charge in [0.1, 0.15) is 6.07 Å². The quantitative estimate of drug-likeness (QED) is 0.865. The zero-order valence-corrected chi connectivity index (χ0v) is 13.6. The highest BCUT2D eigenvalue weighted by Crippen LogP contribution is 2.35. The van der Waals surface area contributed by atoms with Crippen LogP contribution in [0.1, 0.15) is 38.2 Å². The fourth-order valence-electron chi connectivity index (χ4n) is 3.74. The first kappa shape index (κ1) is 14.7. The topological polar surface area (TPSA) is 39.1 Å². The van der Waals surface area contributed by atoms with Crippen LogP contribution in [0.15, 0.2) is 23.1 Å². The second-order valence-corrected chi connectivity index (χ2v) is 7.37. The average molecular weight is 301 g/mol. The molecule has 2 atom stereocenters. The Labute approximate surface area is 131 Å². The fourth-order valence-corrected chi connectivity index (χ4v) is 4.52. The van der Waals surface area contributed by atoms with Gasteiger partial charge in [-0.1, -0.05) is 13.0 Å². The molecule has 0 saturated carbocycles. The molecule has 1 N–H and O–H groups in total. The van der Waals surface area contributed by atoms with Crippen LogP contribution in [-0.4, -0.2) is 30.9 Å². The van der Waals surface area contributed by atoms with E-state index in [2.05, 4.69) is 48.5 Å². The fraction of sp³-hybridized carbons (Fsp3) is 0.588. The van der Waals surface area contributed by atoms with Crippen molar-refractivity contribution in [1.82, 2.24) is 5.32 Å². The van der Waals surface area contributed by atoms with E-state index in [1.807, 2.05) is 0 Å². The van der Waals surface area contributed by atoms with E-state index in [0.29, 0.717) is 18.1 Å². The highest BCUT2D eigenvalue weighted by Gasteiger charge is 2.35. The molecule has 2 heterocycles. The Balaban J connectivity index is 1.86. The standard InChI is InChI=1S/C17H23N3S/c1-3-21-17-6-4-5-16(15(17)11-18)20(2)14-9-12-7-8-13(10-14)19-12/h4-6,12-14,19H,3,7-10H2,1-2H3. The second-order valence-electron chi connectivity index (χ2n) is 6.07. The van der Waals surface area contributed by atoms with E-state index in [1.165, 1.54) is 25.7 Å². The number of fused-ring (bicyclic) bond motifs is 2. The van der Waals surface area contributed by atoms with Crippen molar-refractivity contribution >= 4 is 17.4 Å². The van der Waals surface area contributed by atoms with Crippen LogP contribution in [0.4, 0.5) is 5.69 Å². The van der Waals surface area contributed by atoms with Crippen molar-refractivity contribution in [3.8, 4) is 6.07 Å². The summed E-state index contributed by atoms with van der Waals surface area (Å²) in [6.45, 7) is 2.13. The van der Waals surface area contributed by atoms with Crippen molar-refractivity contribution in [3.05, 3.63) is 23.8 Å². The molecule has 3 nitrogen and oxygen atoms in total. The summed E-state index contributed by atoms with van der Waals surface area (Å²) in [5, 5.41) is 13.3. The van der Waals surface area contributed by atoms with Crippen LogP contribution in [0.25, 0.3) is 0 Å². The van der Waals surface area contributed by atoms with Gasteiger partial charge in [0.25, 0.3) is 0 Å². The van der Waals surface area contributed by atoms with Crippen molar-refractivity contribution in [2.24, 2.45) is 0 Å². The Kier molecular flexibility index (Phi) is 4.42. The van der Waals surface area contributed by atoms with E-state index in [9.17, 15) is 5.26 Å². The molecule has 0 radical (unpaired) electrons. The third-order valence-electron chi connectivity index (χ3n) is 4.79. The summed E-state index contributed by atoms with van der Waals surface area (Å²) in [4.78, 5) is 3.46. The third kappa shape index (κ3) is 2.90. The lowest BCUT2D eigenvalue weighted by Crippen LogP contribution is -2.47. The van der Waals surface area contributed by atoms with E-state index >= 15 is 0 Å². The predicted octanol–water partition coefficient (Wildman–Crippen LogP) is 3.39. The van der Waals surface area contributed by atoms with Crippen LogP contribution in [0.5, 0.6) is 0 Å². The smallest absolute Gasteiger partial charge is 0.103 e. The molecule has 1 aromatic rings. The van der Waals surface area contributed by atoms with E-state index in [1.54, 1.807) is 11.8 Å². The van der Waals surface area contributed by atoms with Crippen LogP contribution in [0.2, 0.25) is 0 Å².